The average Bonchev–Trinajstić information content (AvgIpc) is 2.44. The summed E-state index contributed by atoms with van der Waals surface area (Å²) in [6.45, 7) is 9.49. The number of nitrogens with one attached hydrogen (secondary N) is 2. The Morgan fingerprint density at radius 3 is 2.62 bits per heavy atom. The highest BCUT2D eigenvalue weighted by Crippen LogP contribution is 2.18. The molecule has 0 aliphatic carbocycles. The van der Waals surface area contributed by atoms with Crippen LogP contribution in [0.3, 0.4) is 0 Å². The van der Waals surface area contributed by atoms with E-state index < -0.39 is 0 Å². The van der Waals surface area contributed by atoms with Crippen molar-refractivity contribution in [2.45, 2.75) is 46.1 Å². The van der Waals surface area contributed by atoms with Crippen molar-refractivity contribution < 1.29 is 9.53 Å². The normalized spacial score (nSPS) is 12.3. The molecule has 0 bridgehead atoms. The van der Waals surface area contributed by atoms with E-state index in [-0.39, 0.29) is 17.9 Å². The topological polar surface area (TPSA) is 63.2 Å². The summed E-state index contributed by atoms with van der Waals surface area (Å²) < 4.78 is 5.04. The third kappa shape index (κ3) is 5.71. The Hall–Kier alpha value is -1.62. The van der Waals surface area contributed by atoms with Crippen LogP contribution >= 0.6 is 0 Å². The lowest BCUT2D eigenvalue weighted by Crippen LogP contribution is -2.35. The zero-order valence-corrected chi connectivity index (χ0v) is 13.7. The number of amides is 1. The molecular weight excluding hydrogens is 266 g/mol. The number of hydrogen-bond acceptors (Lipinski definition) is 4. The first kappa shape index (κ1) is 17.4. The quantitative estimate of drug-likeness (QED) is 0.773. The second-order valence-corrected chi connectivity index (χ2v) is 5.58. The van der Waals surface area contributed by atoms with Crippen molar-refractivity contribution in [1.82, 2.24) is 10.3 Å². The van der Waals surface area contributed by atoms with Gasteiger partial charge in [-0.2, -0.15) is 0 Å². The fourth-order valence-electron chi connectivity index (χ4n) is 1.92. The molecule has 0 aliphatic rings. The molecule has 1 unspecified atom stereocenters. The third-order valence-corrected chi connectivity index (χ3v) is 3.05. The van der Waals surface area contributed by atoms with Crippen LogP contribution in [0.15, 0.2) is 12.1 Å². The number of hydrogen-bond donors (Lipinski definition) is 2. The Kier molecular flexibility index (Phi) is 7.15. The predicted molar refractivity (Wildman–Crippen MR) is 85.9 cm³/mol. The molecule has 118 valence electrons. The molecule has 0 saturated carbocycles. The molecule has 1 heterocycles. The van der Waals surface area contributed by atoms with Gasteiger partial charge in [0.05, 0.1) is 6.61 Å². The highest BCUT2D eigenvalue weighted by atomic mass is 16.5. The first-order valence-electron chi connectivity index (χ1n) is 7.53. The second kappa shape index (κ2) is 8.62. The van der Waals surface area contributed by atoms with Gasteiger partial charge in [-0.1, -0.05) is 20.8 Å². The highest BCUT2D eigenvalue weighted by Gasteiger charge is 2.13. The number of rotatable bonds is 8. The molecule has 1 atom stereocenters. The number of aromatic nitrogens is 1. The van der Waals surface area contributed by atoms with Crippen molar-refractivity contribution in [3.05, 3.63) is 23.4 Å². The summed E-state index contributed by atoms with van der Waals surface area (Å²) in [7, 11) is 1.62. The summed E-state index contributed by atoms with van der Waals surface area (Å²) in [4.78, 5) is 16.9. The summed E-state index contributed by atoms with van der Waals surface area (Å²) in [5.41, 5.74) is 1.55. The smallest absolute Gasteiger partial charge is 0.251 e. The highest BCUT2D eigenvalue weighted by molar-refractivity contribution is 5.95. The Morgan fingerprint density at radius 1 is 1.33 bits per heavy atom. The number of nitrogens with zero attached hydrogens (tertiary/aromatic N) is 1. The molecule has 1 aromatic rings. The summed E-state index contributed by atoms with van der Waals surface area (Å²) in [5.74, 6) is 0.937. The number of carbonyl (C=O) groups excluding carboxylic acids is 1. The number of pyridine rings is 1. The Labute approximate surface area is 127 Å². The fraction of sp³-hybridized carbons (Fsp3) is 0.625. The third-order valence-electron chi connectivity index (χ3n) is 3.05. The van der Waals surface area contributed by atoms with E-state index in [1.807, 2.05) is 13.0 Å². The van der Waals surface area contributed by atoms with Crippen LogP contribution in [0, 0.1) is 0 Å². The fourth-order valence-corrected chi connectivity index (χ4v) is 1.92. The van der Waals surface area contributed by atoms with Gasteiger partial charge in [0.2, 0.25) is 0 Å². The SMILES string of the molecule is CCCNc1cc(C(=O)NC(C)COC)cc(C(C)C)n1. The maximum absolute atomic E-state index is 12.3. The van der Waals surface area contributed by atoms with Crippen molar-refractivity contribution in [2.75, 3.05) is 25.6 Å². The number of anilines is 1. The molecule has 5 nitrogen and oxygen atoms in total. The molecule has 1 rings (SSSR count). The monoisotopic (exact) mass is 293 g/mol. The van der Waals surface area contributed by atoms with Gasteiger partial charge in [0.25, 0.3) is 5.91 Å². The molecule has 0 aliphatic heterocycles. The van der Waals surface area contributed by atoms with E-state index in [0.29, 0.717) is 12.2 Å². The van der Waals surface area contributed by atoms with Gasteiger partial charge in [0, 0.05) is 31.0 Å². The van der Waals surface area contributed by atoms with Gasteiger partial charge in [0.15, 0.2) is 0 Å². The van der Waals surface area contributed by atoms with Crippen molar-refractivity contribution in [3.63, 3.8) is 0 Å². The van der Waals surface area contributed by atoms with E-state index in [1.165, 1.54) is 0 Å². The number of ether oxygens (including phenoxy) is 1. The molecule has 5 heteroatoms. The summed E-state index contributed by atoms with van der Waals surface area (Å²) >= 11 is 0. The van der Waals surface area contributed by atoms with Crippen LogP contribution in [0.2, 0.25) is 0 Å². The standard InChI is InChI=1S/C16H27N3O2/c1-6-7-17-15-9-13(8-14(19-15)11(2)3)16(20)18-12(4)10-21-5/h8-9,11-12H,6-7,10H2,1-5H3,(H,17,19)(H,18,20). The minimum absolute atomic E-state index is 0.0229. The van der Waals surface area contributed by atoms with E-state index in [1.54, 1.807) is 13.2 Å². The van der Waals surface area contributed by atoms with E-state index in [9.17, 15) is 4.79 Å². The zero-order valence-electron chi connectivity index (χ0n) is 13.7. The summed E-state index contributed by atoms with van der Waals surface area (Å²) in [5, 5.41) is 6.17. The van der Waals surface area contributed by atoms with Crippen molar-refractivity contribution >= 4 is 11.7 Å². The minimum atomic E-state index is -0.0941. The number of methoxy groups -OCH3 is 1. The molecule has 1 aromatic heterocycles. The molecule has 0 fully saturated rings. The van der Waals surface area contributed by atoms with Crippen molar-refractivity contribution in [2.24, 2.45) is 0 Å². The van der Waals surface area contributed by atoms with Crippen LogP contribution < -0.4 is 10.6 Å². The Balaban J connectivity index is 2.93. The summed E-state index contributed by atoms with van der Waals surface area (Å²) in [6.07, 6.45) is 1.01. The predicted octanol–water partition coefficient (Wildman–Crippen LogP) is 2.79. The van der Waals surface area contributed by atoms with Gasteiger partial charge in [-0.25, -0.2) is 4.98 Å². The van der Waals surface area contributed by atoms with Gasteiger partial charge in [-0.15, -0.1) is 0 Å². The Morgan fingerprint density at radius 2 is 2.05 bits per heavy atom. The summed E-state index contributed by atoms with van der Waals surface area (Å²) in [6, 6.07) is 3.64. The van der Waals surface area contributed by atoms with Gasteiger partial charge in [-0.3, -0.25) is 4.79 Å². The van der Waals surface area contributed by atoms with Gasteiger partial charge in [-0.05, 0) is 31.4 Å². The van der Waals surface area contributed by atoms with Gasteiger partial charge < -0.3 is 15.4 Å². The van der Waals surface area contributed by atoms with Crippen LogP contribution in [0.25, 0.3) is 0 Å². The lowest BCUT2D eigenvalue weighted by molar-refractivity contribution is 0.0905. The van der Waals surface area contributed by atoms with Crippen LogP contribution in [0.5, 0.6) is 0 Å². The maximum atomic E-state index is 12.3. The molecule has 21 heavy (non-hydrogen) atoms. The zero-order chi connectivity index (χ0) is 15.8. The average molecular weight is 293 g/mol. The number of carbonyl (C=O) groups is 1. The first-order valence-corrected chi connectivity index (χ1v) is 7.53. The minimum Gasteiger partial charge on any atom is -0.383 e. The van der Waals surface area contributed by atoms with Gasteiger partial charge in [0.1, 0.15) is 5.82 Å². The Bertz CT molecular complexity index is 461. The largest absolute Gasteiger partial charge is 0.383 e. The van der Waals surface area contributed by atoms with E-state index in [4.69, 9.17) is 4.74 Å². The van der Waals surface area contributed by atoms with Crippen LogP contribution in [-0.4, -0.2) is 37.2 Å². The van der Waals surface area contributed by atoms with Crippen molar-refractivity contribution in [1.29, 1.82) is 0 Å². The maximum Gasteiger partial charge on any atom is 0.251 e. The van der Waals surface area contributed by atoms with Crippen LogP contribution in [0.1, 0.15) is 56.1 Å². The van der Waals surface area contributed by atoms with E-state index in [2.05, 4.69) is 36.4 Å². The molecule has 0 radical (unpaired) electrons. The lowest BCUT2D eigenvalue weighted by Gasteiger charge is -2.15. The van der Waals surface area contributed by atoms with E-state index in [0.717, 1.165) is 24.5 Å². The van der Waals surface area contributed by atoms with E-state index >= 15 is 0 Å². The van der Waals surface area contributed by atoms with Gasteiger partial charge >= 0.3 is 0 Å². The van der Waals surface area contributed by atoms with Crippen LogP contribution in [-0.2, 0) is 4.74 Å². The molecular formula is C16H27N3O2. The van der Waals surface area contributed by atoms with Crippen LogP contribution in [0.4, 0.5) is 5.82 Å². The first-order chi connectivity index (χ1) is 9.97. The molecule has 2 N–H and O–H groups in total. The molecule has 0 saturated heterocycles. The molecule has 0 spiro atoms. The lowest BCUT2D eigenvalue weighted by atomic mass is 10.1. The second-order valence-electron chi connectivity index (χ2n) is 5.58. The molecule has 0 aromatic carbocycles. The van der Waals surface area contributed by atoms with Crippen molar-refractivity contribution in [3.8, 4) is 0 Å². The molecule has 1 amide bonds.